The van der Waals surface area contributed by atoms with E-state index in [0.29, 0.717) is 23.0 Å². The number of benzene rings is 1. The van der Waals surface area contributed by atoms with E-state index in [-0.39, 0.29) is 35.3 Å². The predicted molar refractivity (Wildman–Crippen MR) is 145 cm³/mol. The maximum Gasteiger partial charge on any atom is 0.253 e. The van der Waals surface area contributed by atoms with Gasteiger partial charge in [-0.15, -0.1) is 0 Å². The number of likely N-dealkylation sites (N-methyl/N-ethyl adjacent to an activating group) is 1. The largest absolute Gasteiger partial charge is 0.350 e. The van der Waals surface area contributed by atoms with Crippen molar-refractivity contribution in [2.75, 3.05) is 19.0 Å². The summed E-state index contributed by atoms with van der Waals surface area (Å²) in [7, 11) is 1.71. The summed E-state index contributed by atoms with van der Waals surface area (Å²) in [6, 6.07) is 11.5. The van der Waals surface area contributed by atoms with E-state index in [0.717, 1.165) is 24.0 Å². The molecule has 0 radical (unpaired) electrons. The molecule has 5 rings (SSSR count). The molecule has 1 aliphatic carbocycles. The highest BCUT2D eigenvalue weighted by Crippen LogP contribution is 2.32. The van der Waals surface area contributed by atoms with Crippen LogP contribution < -0.4 is 21.5 Å². The number of carbonyl (C=O) groups is 2. The monoisotopic (exact) mass is 535 g/mol. The fourth-order valence-corrected chi connectivity index (χ4v) is 5.11. The number of nitrogens with zero attached hydrogens (tertiary/aromatic N) is 3. The second-order valence-electron chi connectivity index (χ2n) is 9.13. The third kappa shape index (κ3) is 5.50. The number of hydrogen-bond donors (Lipinski definition) is 4. The molecule has 0 saturated carbocycles. The molecule has 4 N–H and O–H groups in total. The number of halogens is 1. The SMILES string of the molecule is CN1CC(NC(=O)c2cnc(NNC(=S)NC3c4ccccc4CCc4ccncc43)c(Cl)c2)CC1=O. The second-order valence-corrected chi connectivity index (χ2v) is 9.95. The van der Waals surface area contributed by atoms with Gasteiger partial charge in [0.15, 0.2) is 10.9 Å². The van der Waals surface area contributed by atoms with E-state index >= 15 is 0 Å². The van der Waals surface area contributed by atoms with Crippen LogP contribution in [0.3, 0.4) is 0 Å². The van der Waals surface area contributed by atoms with Crippen LogP contribution in [0.4, 0.5) is 5.82 Å². The Bertz CT molecular complexity index is 1320. The predicted octanol–water partition coefficient (Wildman–Crippen LogP) is 2.77. The minimum absolute atomic E-state index is 0.00347. The Morgan fingerprint density at radius 2 is 1.89 bits per heavy atom. The molecule has 1 fully saturated rings. The first-order chi connectivity index (χ1) is 17.9. The van der Waals surface area contributed by atoms with Gasteiger partial charge in [0.2, 0.25) is 5.91 Å². The van der Waals surface area contributed by atoms with Crippen LogP contribution in [0.1, 0.15) is 45.1 Å². The average molecular weight is 536 g/mol. The van der Waals surface area contributed by atoms with Gasteiger partial charge in [0.25, 0.3) is 5.91 Å². The number of carbonyl (C=O) groups excluding carboxylic acids is 2. The normalized spacial score (nSPS) is 18.3. The fraction of sp³-hybridized carbons (Fsp3) is 0.269. The number of amides is 2. The maximum absolute atomic E-state index is 12.6. The number of hydrogen-bond acceptors (Lipinski definition) is 6. The summed E-state index contributed by atoms with van der Waals surface area (Å²) in [6.45, 7) is 0.478. The Morgan fingerprint density at radius 3 is 2.65 bits per heavy atom. The summed E-state index contributed by atoms with van der Waals surface area (Å²) in [5, 5.41) is 6.84. The van der Waals surface area contributed by atoms with Crippen molar-refractivity contribution in [3.8, 4) is 0 Å². The zero-order chi connectivity index (χ0) is 25.9. The lowest BCUT2D eigenvalue weighted by atomic mass is 9.96. The number of pyridine rings is 2. The van der Waals surface area contributed by atoms with E-state index in [2.05, 4.69) is 49.7 Å². The summed E-state index contributed by atoms with van der Waals surface area (Å²) >= 11 is 12.0. The van der Waals surface area contributed by atoms with Gasteiger partial charge >= 0.3 is 0 Å². The van der Waals surface area contributed by atoms with Crippen LogP contribution in [0.25, 0.3) is 0 Å². The zero-order valence-electron chi connectivity index (χ0n) is 20.1. The summed E-state index contributed by atoms with van der Waals surface area (Å²) in [5.74, 6) is -0.0104. The molecule has 1 aliphatic heterocycles. The minimum atomic E-state index is -0.335. The number of anilines is 1. The molecule has 2 unspecified atom stereocenters. The van der Waals surface area contributed by atoms with E-state index in [9.17, 15) is 9.59 Å². The molecule has 3 heterocycles. The van der Waals surface area contributed by atoms with Gasteiger partial charge in [-0.2, -0.15) is 0 Å². The number of rotatable bonds is 5. The lowest BCUT2D eigenvalue weighted by molar-refractivity contribution is -0.126. The second kappa shape index (κ2) is 10.7. The summed E-state index contributed by atoms with van der Waals surface area (Å²) in [5.41, 5.74) is 10.9. The first-order valence-electron chi connectivity index (χ1n) is 11.9. The maximum atomic E-state index is 12.6. The molecule has 2 aliphatic rings. The Labute approximate surface area is 225 Å². The lowest BCUT2D eigenvalue weighted by Gasteiger charge is -2.23. The molecule has 0 bridgehead atoms. The molecular weight excluding hydrogens is 510 g/mol. The first-order valence-corrected chi connectivity index (χ1v) is 12.7. The standard InChI is InChI=1S/C26H26ClN7O2S/c1-34-14-18(11-22(34)35)30-25(36)17-10-21(27)24(29-12-17)32-33-26(37)31-23-19-5-3-2-4-15(19)6-7-16-8-9-28-13-20(16)23/h2-5,8-10,12-13,18,23H,6-7,11,14H2,1H3,(H,29,32)(H,30,36)(H2,31,33,37). The Kier molecular flexibility index (Phi) is 7.20. The van der Waals surface area contributed by atoms with E-state index in [4.69, 9.17) is 23.8 Å². The third-order valence-corrected chi connectivity index (χ3v) is 7.14. The molecule has 1 aromatic carbocycles. The van der Waals surface area contributed by atoms with Crippen LogP contribution >= 0.6 is 23.8 Å². The summed E-state index contributed by atoms with van der Waals surface area (Å²) < 4.78 is 0. The molecule has 37 heavy (non-hydrogen) atoms. The van der Waals surface area contributed by atoms with Crippen LogP contribution in [0.15, 0.2) is 55.0 Å². The fourth-order valence-electron chi connectivity index (χ4n) is 4.73. The highest BCUT2D eigenvalue weighted by Gasteiger charge is 2.28. The van der Waals surface area contributed by atoms with Crippen molar-refractivity contribution in [2.45, 2.75) is 31.3 Å². The van der Waals surface area contributed by atoms with Crippen molar-refractivity contribution in [1.29, 1.82) is 0 Å². The van der Waals surface area contributed by atoms with Crippen LogP contribution in [-0.2, 0) is 17.6 Å². The Balaban J connectivity index is 1.24. The summed E-state index contributed by atoms with van der Waals surface area (Å²) in [6.07, 6.45) is 7.27. The molecule has 2 atom stereocenters. The first kappa shape index (κ1) is 24.9. The van der Waals surface area contributed by atoms with E-state index < -0.39 is 0 Å². The minimum Gasteiger partial charge on any atom is -0.350 e. The molecule has 11 heteroatoms. The van der Waals surface area contributed by atoms with Gasteiger partial charge in [0.1, 0.15) is 0 Å². The third-order valence-electron chi connectivity index (χ3n) is 6.64. The van der Waals surface area contributed by atoms with Gasteiger partial charge in [0.05, 0.1) is 22.7 Å². The molecule has 1 saturated heterocycles. The van der Waals surface area contributed by atoms with Crippen LogP contribution in [0.2, 0.25) is 5.02 Å². The van der Waals surface area contributed by atoms with E-state index in [1.165, 1.54) is 23.4 Å². The molecule has 3 aromatic rings. The van der Waals surface area contributed by atoms with Crippen LogP contribution in [0, 0.1) is 0 Å². The van der Waals surface area contributed by atoms with Crippen molar-refractivity contribution in [1.82, 2.24) is 30.9 Å². The van der Waals surface area contributed by atoms with Gasteiger partial charge in [-0.25, -0.2) is 4.98 Å². The molecule has 2 amide bonds. The van der Waals surface area contributed by atoms with Gasteiger partial charge in [-0.1, -0.05) is 35.9 Å². The zero-order valence-corrected chi connectivity index (χ0v) is 21.7. The van der Waals surface area contributed by atoms with Crippen molar-refractivity contribution >= 4 is 46.6 Å². The van der Waals surface area contributed by atoms with Crippen molar-refractivity contribution in [3.63, 3.8) is 0 Å². The van der Waals surface area contributed by atoms with E-state index in [1.807, 2.05) is 24.5 Å². The topological polar surface area (TPSA) is 111 Å². The van der Waals surface area contributed by atoms with Crippen molar-refractivity contribution < 1.29 is 9.59 Å². The van der Waals surface area contributed by atoms with Crippen LogP contribution in [-0.4, -0.2) is 51.4 Å². The number of likely N-dealkylation sites (tertiary alicyclic amines) is 1. The van der Waals surface area contributed by atoms with Crippen molar-refractivity contribution in [2.24, 2.45) is 0 Å². The number of thiocarbonyl (C=S) groups is 1. The Hall–Kier alpha value is -3.76. The number of aromatic nitrogens is 2. The van der Waals surface area contributed by atoms with Gasteiger partial charge in [0, 0.05) is 44.2 Å². The van der Waals surface area contributed by atoms with Gasteiger partial charge in [-0.05, 0) is 53.9 Å². The highest BCUT2D eigenvalue weighted by atomic mass is 35.5. The number of nitrogens with one attached hydrogen (secondary N) is 4. The highest BCUT2D eigenvalue weighted by molar-refractivity contribution is 7.80. The number of hydrazine groups is 1. The van der Waals surface area contributed by atoms with Crippen LogP contribution in [0.5, 0.6) is 0 Å². The number of fused-ring (bicyclic) bond motifs is 2. The molecule has 9 nitrogen and oxygen atoms in total. The molecular formula is C26H26ClN7O2S. The number of aryl methyl sites for hydroxylation is 2. The average Bonchev–Trinajstić information content (AvgIpc) is 3.12. The lowest BCUT2D eigenvalue weighted by Crippen LogP contribution is -2.41. The smallest absolute Gasteiger partial charge is 0.253 e. The molecule has 190 valence electrons. The van der Waals surface area contributed by atoms with Gasteiger partial charge < -0.3 is 15.5 Å². The van der Waals surface area contributed by atoms with Crippen molar-refractivity contribution in [3.05, 3.63) is 87.8 Å². The molecule has 2 aromatic heterocycles. The van der Waals surface area contributed by atoms with Gasteiger partial charge in [-0.3, -0.25) is 25.4 Å². The van der Waals surface area contributed by atoms with E-state index in [1.54, 1.807) is 11.9 Å². The summed E-state index contributed by atoms with van der Waals surface area (Å²) in [4.78, 5) is 34.5. The molecule has 0 spiro atoms. The Morgan fingerprint density at radius 1 is 1.11 bits per heavy atom. The quantitative estimate of drug-likeness (QED) is 0.291.